The Morgan fingerprint density at radius 1 is 1.33 bits per heavy atom. The van der Waals surface area contributed by atoms with Crippen molar-refractivity contribution in [1.29, 1.82) is 0 Å². The molecular weight excluding hydrogens is 144 g/mol. The van der Waals surface area contributed by atoms with E-state index in [-0.39, 0.29) is 0 Å². The van der Waals surface area contributed by atoms with E-state index in [0.717, 1.165) is 23.7 Å². The Labute approximate surface area is 77.7 Å². The van der Waals surface area contributed by atoms with E-state index < -0.39 is 0 Å². The molecule has 0 bridgehead atoms. The Bertz CT molecular complexity index is 126. The molecule has 0 heteroatoms. The normalized spacial score (nSPS) is 35.2. The van der Waals surface area contributed by atoms with Crippen LogP contribution in [0.5, 0.6) is 0 Å². The topological polar surface area (TPSA) is 0 Å². The van der Waals surface area contributed by atoms with Crippen molar-refractivity contribution in [3.05, 3.63) is 0 Å². The second-order valence-electron chi connectivity index (χ2n) is 4.90. The summed E-state index contributed by atoms with van der Waals surface area (Å²) in [5.74, 6) is 4.03. The fourth-order valence-corrected chi connectivity index (χ4v) is 2.66. The quantitative estimate of drug-likeness (QED) is 0.592. The van der Waals surface area contributed by atoms with Crippen LogP contribution in [-0.4, -0.2) is 0 Å². The summed E-state index contributed by atoms with van der Waals surface area (Å²) < 4.78 is 0. The smallest absolute Gasteiger partial charge is 0.0360 e. The maximum absolute atomic E-state index is 2.45. The van der Waals surface area contributed by atoms with Gasteiger partial charge in [0, 0.05) is 0 Å². The van der Waals surface area contributed by atoms with E-state index in [1.54, 1.807) is 0 Å². The summed E-state index contributed by atoms with van der Waals surface area (Å²) in [5, 5.41) is 0. The standard InChI is InChI=1S/C12H24/c1-5-6-7-11-8-12(9(2)3)10(11)4/h9-12H,5-8H2,1-4H3. The van der Waals surface area contributed by atoms with Crippen molar-refractivity contribution in [1.82, 2.24) is 0 Å². The van der Waals surface area contributed by atoms with Crippen LogP contribution >= 0.6 is 0 Å². The highest BCUT2D eigenvalue weighted by molar-refractivity contribution is 4.87. The molecule has 3 atom stereocenters. The van der Waals surface area contributed by atoms with Crippen molar-refractivity contribution >= 4 is 0 Å². The van der Waals surface area contributed by atoms with Crippen LogP contribution in [-0.2, 0) is 0 Å². The molecule has 0 heterocycles. The molecule has 0 N–H and O–H groups in total. The van der Waals surface area contributed by atoms with E-state index in [1.807, 2.05) is 0 Å². The maximum atomic E-state index is 2.45. The number of unbranched alkanes of at least 4 members (excludes halogenated alkanes) is 1. The molecule has 1 saturated carbocycles. The van der Waals surface area contributed by atoms with Crippen LogP contribution in [0.2, 0.25) is 0 Å². The highest BCUT2D eigenvalue weighted by Gasteiger charge is 2.38. The van der Waals surface area contributed by atoms with Gasteiger partial charge < -0.3 is 0 Å². The van der Waals surface area contributed by atoms with Crippen molar-refractivity contribution < 1.29 is 0 Å². The molecule has 0 radical (unpaired) electrons. The van der Waals surface area contributed by atoms with Gasteiger partial charge in [-0.05, 0) is 30.1 Å². The van der Waals surface area contributed by atoms with E-state index in [9.17, 15) is 0 Å². The van der Waals surface area contributed by atoms with Gasteiger partial charge in [0.25, 0.3) is 0 Å². The van der Waals surface area contributed by atoms with Crippen molar-refractivity contribution in [2.45, 2.75) is 53.4 Å². The number of rotatable bonds is 4. The van der Waals surface area contributed by atoms with Gasteiger partial charge in [-0.2, -0.15) is 0 Å². The second kappa shape index (κ2) is 4.30. The van der Waals surface area contributed by atoms with Gasteiger partial charge in [0.1, 0.15) is 0 Å². The lowest BCUT2D eigenvalue weighted by Gasteiger charge is -2.45. The first-order valence-corrected chi connectivity index (χ1v) is 5.66. The highest BCUT2D eigenvalue weighted by Crippen LogP contribution is 2.46. The minimum atomic E-state index is 0.915. The van der Waals surface area contributed by atoms with E-state index in [2.05, 4.69) is 27.7 Å². The summed E-state index contributed by atoms with van der Waals surface area (Å²) in [5.41, 5.74) is 0. The van der Waals surface area contributed by atoms with E-state index in [4.69, 9.17) is 0 Å². The average Bonchev–Trinajstić information content (AvgIpc) is 2.01. The van der Waals surface area contributed by atoms with Gasteiger partial charge in [-0.3, -0.25) is 0 Å². The Kier molecular flexibility index (Phi) is 3.61. The largest absolute Gasteiger partial charge is 0.0654 e. The van der Waals surface area contributed by atoms with E-state index in [1.165, 1.54) is 25.7 Å². The third-order valence-electron chi connectivity index (χ3n) is 3.78. The molecule has 0 aromatic heterocycles. The van der Waals surface area contributed by atoms with Gasteiger partial charge >= 0.3 is 0 Å². The minimum absolute atomic E-state index is 0.915. The van der Waals surface area contributed by atoms with Gasteiger partial charge in [0.15, 0.2) is 0 Å². The molecule has 1 aliphatic rings. The summed E-state index contributed by atoms with van der Waals surface area (Å²) in [6, 6.07) is 0. The molecule has 72 valence electrons. The summed E-state index contributed by atoms with van der Waals surface area (Å²) in [6.45, 7) is 9.49. The van der Waals surface area contributed by atoms with Gasteiger partial charge in [0.05, 0.1) is 0 Å². The Morgan fingerprint density at radius 3 is 2.42 bits per heavy atom. The molecule has 0 aromatic rings. The van der Waals surface area contributed by atoms with Gasteiger partial charge in [-0.15, -0.1) is 0 Å². The van der Waals surface area contributed by atoms with Crippen LogP contribution < -0.4 is 0 Å². The molecule has 1 aliphatic carbocycles. The molecule has 0 nitrogen and oxygen atoms in total. The summed E-state index contributed by atoms with van der Waals surface area (Å²) in [7, 11) is 0. The second-order valence-corrected chi connectivity index (χ2v) is 4.90. The fraction of sp³-hybridized carbons (Fsp3) is 1.00. The number of hydrogen-bond donors (Lipinski definition) is 0. The van der Waals surface area contributed by atoms with Crippen LogP contribution in [0, 0.1) is 23.7 Å². The van der Waals surface area contributed by atoms with Gasteiger partial charge in [-0.25, -0.2) is 0 Å². The summed E-state index contributed by atoms with van der Waals surface area (Å²) in [6.07, 6.45) is 5.81. The Morgan fingerprint density at radius 2 is 2.00 bits per heavy atom. The van der Waals surface area contributed by atoms with Crippen LogP contribution in [0.15, 0.2) is 0 Å². The fourth-order valence-electron chi connectivity index (χ4n) is 2.66. The van der Waals surface area contributed by atoms with Crippen molar-refractivity contribution in [2.24, 2.45) is 23.7 Å². The molecule has 1 fully saturated rings. The SMILES string of the molecule is CCCCC1CC(C(C)C)C1C. The first-order valence-electron chi connectivity index (χ1n) is 5.66. The third kappa shape index (κ3) is 2.02. The Balaban J connectivity index is 2.19. The monoisotopic (exact) mass is 168 g/mol. The zero-order valence-corrected chi connectivity index (χ0v) is 9.14. The number of hydrogen-bond acceptors (Lipinski definition) is 0. The summed E-state index contributed by atoms with van der Waals surface area (Å²) in [4.78, 5) is 0. The molecule has 0 aliphatic heterocycles. The van der Waals surface area contributed by atoms with Crippen LogP contribution in [0.3, 0.4) is 0 Å². The predicted molar refractivity (Wildman–Crippen MR) is 55.1 cm³/mol. The molecule has 0 aromatic carbocycles. The maximum Gasteiger partial charge on any atom is -0.0360 e. The zero-order chi connectivity index (χ0) is 9.14. The lowest BCUT2D eigenvalue weighted by atomic mass is 9.60. The van der Waals surface area contributed by atoms with Gasteiger partial charge in [0.2, 0.25) is 0 Å². The molecule has 0 spiro atoms. The highest BCUT2D eigenvalue weighted by atomic mass is 14.4. The van der Waals surface area contributed by atoms with Crippen LogP contribution in [0.25, 0.3) is 0 Å². The lowest BCUT2D eigenvalue weighted by Crippen LogP contribution is -2.37. The van der Waals surface area contributed by atoms with Crippen molar-refractivity contribution in [2.75, 3.05) is 0 Å². The Hall–Kier alpha value is 0. The first-order chi connectivity index (χ1) is 5.66. The minimum Gasteiger partial charge on any atom is -0.0654 e. The zero-order valence-electron chi connectivity index (χ0n) is 9.14. The summed E-state index contributed by atoms with van der Waals surface area (Å²) >= 11 is 0. The molecule has 12 heavy (non-hydrogen) atoms. The van der Waals surface area contributed by atoms with Crippen molar-refractivity contribution in [3.63, 3.8) is 0 Å². The molecule has 0 amide bonds. The average molecular weight is 168 g/mol. The van der Waals surface area contributed by atoms with Crippen LogP contribution in [0.4, 0.5) is 0 Å². The third-order valence-corrected chi connectivity index (χ3v) is 3.78. The molecule has 3 unspecified atom stereocenters. The predicted octanol–water partition coefficient (Wildman–Crippen LogP) is 4.10. The van der Waals surface area contributed by atoms with E-state index in [0.29, 0.717) is 0 Å². The van der Waals surface area contributed by atoms with Crippen molar-refractivity contribution in [3.8, 4) is 0 Å². The van der Waals surface area contributed by atoms with Crippen LogP contribution in [0.1, 0.15) is 53.4 Å². The molecule has 1 rings (SSSR count). The van der Waals surface area contributed by atoms with E-state index >= 15 is 0 Å². The molecular formula is C12H24. The lowest BCUT2D eigenvalue weighted by molar-refractivity contribution is 0.0417. The first kappa shape index (κ1) is 10.1. The molecule has 0 saturated heterocycles. The van der Waals surface area contributed by atoms with Gasteiger partial charge in [-0.1, -0.05) is 47.0 Å².